The molecule has 1 fully saturated rings. The van der Waals surface area contributed by atoms with Crippen molar-refractivity contribution in [1.29, 1.82) is 0 Å². The lowest BCUT2D eigenvalue weighted by Gasteiger charge is -2.37. The van der Waals surface area contributed by atoms with Gasteiger partial charge < -0.3 is 24.8 Å². The molecule has 1 amide bonds. The van der Waals surface area contributed by atoms with Crippen molar-refractivity contribution in [3.05, 3.63) is 29.8 Å². The largest absolute Gasteiger partial charge is 0.491 e. The second kappa shape index (κ2) is 11.3. The number of benzene rings is 1. The number of nitrogens with one attached hydrogen (secondary N) is 2. The highest BCUT2D eigenvalue weighted by atomic mass is 35.5. The molecule has 0 unspecified atom stereocenters. The van der Waals surface area contributed by atoms with E-state index in [-0.39, 0.29) is 23.7 Å². The number of rotatable bonds is 9. The first-order chi connectivity index (χ1) is 11.7. The van der Waals surface area contributed by atoms with Crippen LogP contribution in [0.25, 0.3) is 0 Å². The third-order valence-electron chi connectivity index (χ3n) is 4.41. The second-order valence-corrected chi connectivity index (χ2v) is 6.23. The van der Waals surface area contributed by atoms with E-state index in [1.165, 1.54) is 0 Å². The van der Waals surface area contributed by atoms with Crippen molar-refractivity contribution >= 4 is 18.3 Å². The van der Waals surface area contributed by atoms with Crippen LogP contribution in [0.5, 0.6) is 5.75 Å². The van der Waals surface area contributed by atoms with Crippen molar-refractivity contribution in [1.82, 2.24) is 10.6 Å². The molecule has 2 N–H and O–H groups in total. The number of amides is 1. The molecule has 1 aliphatic rings. The minimum absolute atomic E-state index is 0. The molecule has 0 saturated carbocycles. The Bertz CT molecular complexity index is 499. The molecule has 0 aliphatic carbocycles. The fourth-order valence-electron chi connectivity index (χ4n) is 2.95. The first-order valence-electron chi connectivity index (χ1n) is 8.39. The first-order valence-corrected chi connectivity index (χ1v) is 8.39. The molecule has 0 radical (unpaired) electrons. The zero-order valence-corrected chi connectivity index (χ0v) is 15.8. The van der Waals surface area contributed by atoms with E-state index in [0.29, 0.717) is 31.9 Å². The summed E-state index contributed by atoms with van der Waals surface area (Å²) >= 11 is 0. The lowest BCUT2D eigenvalue weighted by Crippen LogP contribution is -2.47. The molecule has 6 nitrogen and oxygen atoms in total. The van der Waals surface area contributed by atoms with Gasteiger partial charge in [0.1, 0.15) is 12.4 Å². The number of ether oxygens (including phenoxy) is 3. The summed E-state index contributed by atoms with van der Waals surface area (Å²) in [5, 5.41) is 6.41. The SMILES string of the molecule is COCCOc1ccc(C(=O)NCC2(COC)CCNCC2)cc1.Cl. The smallest absolute Gasteiger partial charge is 0.251 e. The maximum Gasteiger partial charge on any atom is 0.251 e. The molecule has 1 aromatic rings. The summed E-state index contributed by atoms with van der Waals surface area (Å²) in [6, 6.07) is 7.17. The second-order valence-electron chi connectivity index (χ2n) is 6.23. The molecule has 142 valence electrons. The van der Waals surface area contributed by atoms with Crippen LogP contribution in [0.3, 0.4) is 0 Å². The first kappa shape index (κ1) is 21.7. The average molecular weight is 373 g/mol. The van der Waals surface area contributed by atoms with Gasteiger partial charge >= 0.3 is 0 Å². The zero-order valence-electron chi connectivity index (χ0n) is 15.0. The number of hydrogen-bond donors (Lipinski definition) is 2. The fourth-order valence-corrected chi connectivity index (χ4v) is 2.95. The van der Waals surface area contributed by atoms with Crippen molar-refractivity contribution in [3.63, 3.8) is 0 Å². The Morgan fingerprint density at radius 2 is 1.80 bits per heavy atom. The maximum atomic E-state index is 12.4. The third kappa shape index (κ3) is 6.82. The molecule has 1 aromatic carbocycles. The Labute approximate surface area is 156 Å². The van der Waals surface area contributed by atoms with Crippen LogP contribution in [0.4, 0.5) is 0 Å². The molecular weight excluding hydrogens is 344 g/mol. The third-order valence-corrected chi connectivity index (χ3v) is 4.41. The summed E-state index contributed by atoms with van der Waals surface area (Å²) in [7, 11) is 3.35. The van der Waals surface area contributed by atoms with Gasteiger partial charge in [0.15, 0.2) is 0 Å². The molecule has 1 saturated heterocycles. The molecule has 1 aliphatic heterocycles. The minimum Gasteiger partial charge on any atom is -0.491 e. The van der Waals surface area contributed by atoms with Crippen molar-refractivity contribution < 1.29 is 19.0 Å². The van der Waals surface area contributed by atoms with Gasteiger partial charge in [0, 0.05) is 31.7 Å². The van der Waals surface area contributed by atoms with E-state index >= 15 is 0 Å². The zero-order chi connectivity index (χ0) is 17.3. The molecule has 7 heteroatoms. The lowest BCUT2D eigenvalue weighted by atomic mass is 9.79. The molecule has 0 bridgehead atoms. The van der Waals surface area contributed by atoms with Crippen LogP contribution < -0.4 is 15.4 Å². The van der Waals surface area contributed by atoms with Crippen LogP contribution in [-0.2, 0) is 9.47 Å². The highest BCUT2D eigenvalue weighted by molar-refractivity contribution is 5.94. The number of carbonyl (C=O) groups excluding carboxylic acids is 1. The maximum absolute atomic E-state index is 12.4. The number of carbonyl (C=O) groups is 1. The van der Waals surface area contributed by atoms with Crippen molar-refractivity contribution in [3.8, 4) is 5.75 Å². The molecule has 1 heterocycles. The average Bonchev–Trinajstić information content (AvgIpc) is 2.62. The summed E-state index contributed by atoms with van der Waals surface area (Å²) in [6.45, 7) is 4.27. The number of halogens is 1. The molecule has 2 rings (SSSR count). The van der Waals surface area contributed by atoms with Gasteiger partial charge in [0.05, 0.1) is 13.2 Å². The predicted octanol–water partition coefficient (Wildman–Crippen LogP) is 1.88. The summed E-state index contributed by atoms with van der Waals surface area (Å²) < 4.78 is 15.8. The van der Waals surface area contributed by atoms with Gasteiger partial charge in [-0.3, -0.25) is 4.79 Å². The standard InChI is InChI=1S/C18H28N2O4.ClH/c1-22-11-12-24-16-5-3-15(4-6-16)17(21)20-13-18(14-23-2)7-9-19-10-8-18;/h3-6,19H,7-14H2,1-2H3,(H,20,21);1H. The number of piperidine rings is 1. The predicted molar refractivity (Wildman–Crippen MR) is 99.8 cm³/mol. The van der Waals surface area contributed by atoms with Crippen molar-refractivity contribution in [2.75, 3.05) is 53.7 Å². The van der Waals surface area contributed by atoms with Crippen LogP contribution >= 0.6 is 12.4 Å². The van der Waals surface area contributed by atoms with E-state index in [9.17, 15) is 4.79 Å². The topological polar surface area (TPSA) is 68.8 Å². The molecule has 0 spiro atoms. The number of hydrogen-bond acceptors (Lipinski definition) is 5. The van der Waals surface area contributed by atoms with Crippen LogP contribution in [0, 0.1) is 5.41 Å². The fraction of sp³-hybridized carbons (Fsp3) is 0.611. The monoisotopic (exact) mass is 372 g/mol. The van der Waals surface area contributed by atoms with Gasteiger partial charge in [-0.1, -0.05) is 0 Å². The Morgan fingerprint density at radius 3 is 2.40 bits per heavy atom. The van der Waals surface area contributed by atoms with E-state index in [4.69, 9.17) is 14.2 Å². The van der Waals surface area contributed by atoms with Crippen molar-refractivity contribution in [2.45, 2.75) is 12.8 Å². The van der Waals surface area contributed by atoms with Gasteiger partial charge in [0.25, 0.3) is 5.91 Å². The minimum atomic E-state index is -0.0625. The van der Waals surface area contributed by atoms with E-state index in [0.717, 1.165) is 31.7 Å². The van der Waals surface area contributed by atoms with Crippen LogP contribution in [0.1, 0.15) is 23.2 Å². The summed E-state index contributed by atoms with van der Waals surface area (Å²) in [6.07, 6.45) is 2.01. The van der Waals surface area contributed by atoms with Gasteiger partial charge in [0.2, 0.25) is 0 Å². The van der Waals surface area contributed by atoms with E-state index in [2.05, 4.69) is 10.6 Å². The Balaban J connectivity index is 0.00000312. The molecule has 0 aromatic heterocycles. The van der Waals surface area contributed by atoms with Gasteiger partial charge in [-0.05, 0) is 50.2 Å². The normalized spacial score (nSPS) is 15.9. The van der Waals surface area contributed by atoms with E-state index < -0.39 is 0 Å². The Kier molecular flexibility index (Phi) is 9.82. The summed E-state index contributed by atoms with van der Waals surface area (Å²) in [4.78, 5) is 12.4. The van der Waals surface area contributed by atoms with E-state index in [1.54, 1.807) is 38.5 Å². The summed E-state index contributed by atoms with van der Waals surface area (Å²) in [5.74, 6) is 0.672. The molecule has 25 heavy (non-hydrogen) atoms. The number of methoxy groups -OCH3 is 2. The highest BCUT2D eigenvalue weighted by Crippen LogP contribution is 2.28. The van der Waals surface area contributed by atoms with Crippen LogP contribution in [0.15, 0.2) is 24.3 Å². The Hall–Kier alpha value is -1.34. The van der Waals surface area contributed by atoms with Gasteiger partial charge in [-0.15, -0.1) is 12.4 Å². The van der Waals surface area contributed by atoms with Gasteiger partial charge in [-0.2, -0.15) is 0 Å². The van der Waals surface area contributed by atoms with Crippen molar-refractivity contribution in [2.24, 2.45) is 5.41 Å². The van der Waals surface area contributed by atoms with Crippen LogP contribution in [0.2, 0.25) is 0 Å². The highest BCUT2D eigenvalue weighted by Gasteiger charge is 2.32. The van der Waals surface area contributed by atoms with Gasteiger partial charge in [-0.25, -0.2) is 0 Å². The Morgan fingerprint density at radius 1 is 1.12 bits per heavy atom. The molecular formula is C18H29ClN2O4. The quantitative estimate of drug-likeness (QED) is 0.648. The molecule has 0 atom stereocenters. The summed E-state index contributed by atoms with van der Waals surface area (Å²) in [5.41, 5.74) is 0.661. The lowest BCUT2D eigenvalue weighted by molar-refractivity contribution is 0.0511. The van der Waals surface area contributed by atoms with E-state index in [1.807, 2.05) is 0 Å². The van der Waals surface area contributed by atoms with Crippen LogP contribution in [-0.4, -0.2) is 59.6 Å².